The third-order valence-electron chi connectivity index (χ3n) is 11.7. The van der Waals surface area contributed by atoms with Crippen LogP contribution in [0.1, 0.15) is 80.6 Å². The van der Waals surface area contributed by atoms with Crippen molar-refractivity contribution >= 4 is 47.0 Å². The Balaban J connectivity index is 1.21. The van der Waals surface area contributed by atoms with Crippen molar-refractivity contribution in [2.75, 3.05) is 37.7 Å². The molecule has 48 heavy (non-hydrogen) atoms. The van der Waals surface area contributed by atoms with Gasteiger partial charge in [-0.15, -0.1) is 0 Å². The SMILES string of the molecule is C=C1CN2CCC[C@@]2(COc2nc3c4c(c(Cl)c(B5OC(C)(C)C(C)(C)O5)cc4n2)OC[C@@H]2[C@@H]4CC[C@H](CN32)N4C(=O)OC(C)(C)C)C1. The first kappa shape index (κ1) is 32.4. The largest absolute Gasteiger partial charge is 0.496 e. The van der Waals surface area contributed by atoms with Gasteiger partial charge in [0.1, 0.15) is 24.6 Å². The molecule has 0 unspecified atom stereocenters. The molecule has 1 amide bonds. The van der Waals surface area contributed by atoms with Crippen LogP contribution in [-0.2, 0) is 14.0 Å². The van der Waals surface area contributed by atoms with Crippen LogP contribution in [0.2, 0.25) is 5.02 Å². The average Bonchev–Trinajstić information content (AvgIpc) is 3.64. The Hall–Kier alpha value is -2.80. The quantitative estimate of drug-likeness (QED) is 0.321. The van der Waals surface area contributed by atoms with E-state index >= 15 is 0 Å². The van der Waals surface area contributed by atoms with Crippen molar-refractivity contribution in [3.8, 4) is 11.8 Å². The highest BCUT2D eigenvalue weighted by Gasteiger charge is 2.55. The molecule has 0 N–H and O–H groups in total. The highest BCUT2D eigenvalue weighted by atomic mass is 35.5. The maximum Gasteiger partial charge on any atom is 0.496 e. The van der Waals surface area contributed by atoms with Crippen molar-refractivity contribution in [2.45, 2.75) is 121 Å². The van der Waals surface area contributed by atoms with Crippen molar-refractivity contribution in [3.63, 3.8) is 0 Å². The molecular formula is C35H47BClN5O6. The molecule has 11 nitrogen and oxygen atoms in total. The Morgan fingerprint density at radius 1 is 1.15 bits per heavy atom. The van der Waals surface area contributed by atoms with E-state index in [1.807, 2.05) is 59.4 Å². The number of halogens is 1. The zero-order valence-corrected chi connectivity index (χ0v) is 30.0. The van der Waals surface area contributed by atoms with E-state index in [9.17, 15) is 4.79 Å². The van der Waals surface area contributed by atoms with Gasteiger partial charge in [0, 0.05) is 18.6 Å². The number of benzene rings is 1. The average molecular weight is 680 g/mol. The summed E-state index contributed by atoms with van der Waals surface area (Å²) in [5.74, 6) is 1.22. The summed E-state index contributed by atoms with van der Waals surface area (Å²) < 4.78 is 32.0. The Labute approximate surface area is 288 Å². The first-order chi connectivity index (χ1) is 22.6. The Morgan fingerprint density at radius 2 is 1.90 bits per heavy atom. The summed E-state index contributed by atoms with van der Waals surface area (Å²) >= 11 is 7.23. The van der Waals surface area contributed by atoms with Gasteiger partial charge in [-0.1, -0.05) is 23.8 Å². The third-order valence-corrected chi connectivity index (χ3v) is 12.0. The van der Waals surface area contributed by atoms with E-state index in [0.717, 1.165) is 50.6 Å². The van der Waals surface area contributed by atoms with Crippen LogP contribution in [0, 0.1) is 0 Å². The highest BCUT2D eigenvalue weighted by Crippen LogP contribution is 2.47. The fourth-order valence-electron chi connectivity index (χ4n) is 8.67. The van der Waals surface area contributed by atoms with Gasteiger partial charge in [-0.2, -0.15) is 9.97 Å². The number of piperazine rings is 1. The molecule has 0 saturated carbocycles. The fourth-order valence-corrected chi connectivity index (χ4v) is 8.96. The number of nitrogens with zero attached hydrogens (tertiary/aromatic N) is 5. The number of hydrogen-bond acceptors (Lipinski definition) is 10. The van der Waals surface area contributed by atoms with E-state index in [2.05, 4.69) is 16.4 Å². The molecule has 2 aromatic rings. The topological polar surface area (TPSA) is 98.7 Å². The van der Waals surface area contributed by atoms with Crippen molar-refractivity contribution < 1.29 is 28.3 Å². The van der Waals surface area contributed by atoms with E-state index in [4.69, 9.17) is 45.1 Å². The van der Waals surface area contributed by atoms with Crippen LogP contribution in [0.15, 0.2) is 18.2 Å². The van der Waals surface area contributed by atoms with Crippen LogP contribution < -0.4 is 19.8 Å². The van der Waals surface area contributed by atoms with Crippen LogP contribution >= 0.6 is 11.6 Å². The molecule has 4 atom stereocenters. The zero-order chi connectivity index (χ0) is 34.0. The second-order valence-electron chi connectivity index (χ2n) is 16.6. The predicted octanol–water partition coefficient (Wildman–Crippen LogP) is 5.10. The van der Waals surface area contributed by atoms with Crippen molar-refractivity contribution in [1.29, 1.82) is 0 Å². The van der Waals surface area contributed by atoms with Gasteiger partial charge in [-0.25, -0.2) is 4.79 Å². The van der Waals surface area contributed by atoms with Gasteiger partial charge < -0.3 is 28.4 Å². The zero-order valence-electron chi connectivity index (χ0n) is 29.2. The lowest BCUT2D eigenvalue weighted by Crippen LogP contribution is -2.63. The van der Waals surface area contributed by atoms with E-state index in [1.165, 1.54) is 5.57 Å². The summed E-state index contributed by atoms with van der Waals surface area (Å²) in [6.45, 7) is 21.4. The van der Waals surface area contributed by atoms with Gasteiger partial charge >= 0.3 is 19.2 Å². The smallest absolute Gasteiger partial charge is 0.489 e. The predicted molar refractivity (Wildman–Crippen MR) is 185 cm³/mol. The van der Waals surface area contributed by atoms with E-state index in [1.54, 1.807) is 0 Å². The lowest BCUT2D eigenvalue weighted by atomic mass is 9.78. The molecule has 1 aromatic heterocycles. The molecule has 258 valence electrons. The Bertz CT molecular complexity index is 1680. The molecule has 6 aliphatic heterocycles. The minimum absolute atomic E-state index is 0.0213. The number of rotatable bonds is 4. The fraction of sp³-hybridized carbons (Fsp3) is 0.686. The Kier molecular flexibility index (Phi) is 7.33. The number of ether oxygens (including phenoxy) is 3. The molecule has 1 aromatic carbocycles. The molecule has 0 spiro atoms. The van der Waals surface area contributed by atoms with E-state index in [-0.39, 0.29) is 29.8 Å². The summed E-state index contributed by atoms with van der Waals surface area (Å²) in [5.41, 5.74) is 0.765. The Morgan fingerprint density at radius 3 is 2.62 bits per heavy atom. The van der Waals surface area contributed by atoms with Gasteiger partial charge in [-0.05, 0) is 93.2 Å². The van der Waals surface area contributed by atoms with Gasteiger partial charge in [0.05, 0.1) is 50.8 Å². The van der Waals surface area contributed by atoms with Crippen molar-refractivity contribution in [1.82, 2.24) is 19.8 Å². The minimum Gasteiger partial charge on any atom is -0.489 e. The van der Waals surface area contributed by atoms with Gasteiger partial charge in [0.25, 0.3) is 0 Å². The maximum absolute atomic E-state index is 13.5. The van der Waals surface area contributed by atoms with Gasteiger partial charge in [-0.3, -0.25) is 9.80 Å². The molecule has 0 radical (unpaired) electrons. The molecule has 7 heterocycles. The number of hydrogen-bond donors (Lipinski definition) is 0. The van der Waals surface area contributed by atoms with E-state index < -0.39 is 23.9 Å². The molecule has 5 saturated heterocycles. The van der Waals surface area contributed by atoms with Crippen LogP contribution in [0.25, 0.3) is 10.9 Å². The maximum atomic E-state index is 13.5. The number of amides is 1. The van der Waals surface area contributed by atoms with Crippen molar-refractivity contribution in [3.05, 3.63) is 23.2 Å². The summed E-state index contributed by atoms with van der Waals surface area (Å²) in [6, 6.07) is 1.94. The second kappa shape index (κ2) is 10.9. The van der Waals surface area contributed by atoms with Crippen molar-refractivity contribution in [2.24, 2.45) is 0 Å². The van der Waals surface area contributed by atoms with Gasteiger partial charge in [0.2, 0.25) is 0 Å². The second-order valence-corrected chi connectivity index (χ2v) is 17.0. The number of aromatic nitrogens is 2. The van der Waals surface area contributed by atoms with Gasteiger partial charge in [0.15, 0.2) is 5.75 Å². The first-order valence-corrected chi connectivity index (χ1v) is 17.8. The normalized spacial score (nSPS) is 30.4. The molecule has 6 aliphatic rings. The molecule has 8 rings (SSSR count). The van der Waals surface area contributed by atoms with E-state index in [0.29, 0.717) is 53.3 Å². The van der Waals surface area contributed by atoms with Crippen LogP contribution in [0.3, 0.4) is 0 Å². The monoisotopic (exact) mass is 679 g/mol. The molecule has 5 fully saturated rings. The molecular weight excluding hydrogens is 633 g/mol. The molecule has 13 heteroatoms. The molecule has 2 bridgehead atoms. The highest BCUT2D eigenvalue weighted by molar-refractivity contribution is 6.66. The first-order valence-electron chi connectivity index (χ1n) is 17.4. The number of carbonyl (C=O) groups is 1. The van der Waals surface area contributed by atoms with Crippen LogP contribution in [0.4, 0.5) is 10.6 Å². The number of fused-ring (bicyclic) bond motifs is 6. The summed E-state index contributed by atoms with van der Waals surface area (Å²) in [7, 11) is -0.713. The lowest BCUT2D eigenvalue weighted by molar-refractivity contribution is 0.00544. The summed E-state index contributed by atoms with van der Waals surface area (Å²) in [4.78, 5) is 30.4. The van der Waals surface area contributed by atoms with Crippen LogP contribution in [0.5, 0.6) is 11.8 Å². The third kappa shape index (κ3) is 5.07. The number of carbonyl (C=O) groups excluding carboxylic acids is 1. The standard InChI is InChI=1S/C35H47BClN5O6/c1-20-15-35(12-9-13-40(35)16-20)19-45-30-38-23-14-22(36-47-33(5,6)34(7,8)48-36)27(37)28-26(23)29(39-30)41-17-21-10-11-24(25(41)18-44-28)42(21)31(43)46-32(2,3)4/h14,21,24-25H,1,9-13,15-19H2,2-8H3/t21-,24+,25-,35+/m1/s1. The number of anilines is 1. The minimum atomic E-state index is -0.713. The summed E-state index contributed by atoms with van der Waals surface area (Å²) in [5, 5.41) is 1.15. The summed E-state index contributed by atoms with van der Waals surface area (Å²) in [6.07, 6.45) is 4.56. The van der Waals surface area contributed by atoms with Crippen LogP contribution in [-0.4, -0.2) is 106 Å². The lowest BCUT2D eigenvalue weighted by Gasteiger charge is -2.46. The molecule has 0 aliphatic carbocycles.